The van der Waals surface area contributed by atoms with Crippen molar-refractivity contribution < 1.29 is 4.74 Å². The summed E-state index contributed by atoms with van der Waals surface area (Å²) in [6, 6.07) is 6.58. The molecule has 2 aliphatic rings. The van der Waals surface area contributed by atoms with Crippen molar-refractivity contribution in [1.82, 2.24) is 0 Å². The van der Waals surface area contributed by atoms with E-state index in [4.69, 9.17) is 15.5 Å². The Labute approximate surface area is 133 Å². The third kappa shape index (κ3) is 2.60. The SMILES string of the molecule is CCOC1CC(N=C(N)Nc2ccc(C)c(C)c2)C12CCC2. The van der Waals surface area contributed by atoms with Crippen LogP contribution in [0.1, 0.15) is 43.7 Å². The summed E-state index contributed by atoms with van der Waals surface area (Å²) in [4.78, 5) is 4.74. The zero-order valence-electron chi connectivity index (χ0n) is 13.9. The molecule has 3 rings (SSSR count). The number of hydrogen-bond donors (Lipinski definition) is 2. The van der Waals surface area contributed by atoms with E-state index in [2.05, 4.69) is 38.2 Å². The van der Waals surface area contributed by atoms with Crippen LogP contribution in [0.2, 0.25) is 0 Å². The molecule has 22 heavy (non-hydrogen) atoms. The second-order valence-corrected chi connectivity index (χ2v) is 6.72. The fourth-order valence-corrected chi connectivity index (χ4v) is 3.75. The average molecular weight is 301 g/mol. The molecule has 0 radical (unpaired) electrons. The number of benzene rings is 1. The van der Waals surface area contributed by atoms with Crippen molar-refractivity contribution in [2.24, 2.45) is 16.1 Å². The first kappa shape index (κ1) is 15.3. The summed E-state index contributed by atoms with van der Waals surface area (Å²) in [5.74, 6) is 0.523. The average Bonchev–Trinajstić information content (AvgIpc) is 2.40. The second-order valence-electron chi connectivity index (χ2n) is 6.72. The molecule has 0 heterocycles. The van der Waals surface area contributed by atoms with E-state index in [9.17, 15) is 0 Å². The smallest absolute Gasteiger partial charge is 0.193 e. The molecule has 2 saturated carbocycles. The third-order valence-corrected chi connectivity index (χ3v) is 5.47. The molecule has 0 amide bonds. The summed E-state index contributed by atoms with van der Waals surface area (Å²) in [6.07, 6.45) is 5.13. The first-order valence-electron chi connectivity index (χ1n) is 8.34. The van der Waals surface area contributed by atoms with Gasteiger partial charge in [0.1, 0.15) is 0 Å². The number of ether oxygens (including phenoxy) is 1. The van der Waals surface area contributed by atoms with Crippen molar-refractivity contribution in [1.29, 1.82) is 0 Å². The number of nitrogens with two attached hydrogens (primary N) is 1. The number of rotatable bonds is 4. The van der Waals surface area contributed by atoms with Gasteiger partial charge in [0.2, 0.25) is 0 Å². The minimum absolute atomic E-state index is 0.269. The van der Waals surface area contributed by atoms with Crippen molar-refractivity contribution in [3.63, 3.8) is 0 Å². The Kier molecular flexibility index (Phi) is 4.13. The van der Waals surface area contributed by atoms with Gasteiger partial charge in [0, 0.05) is 17.7 Å². The monoisotopic (exact) mass is 301 g/mol. The lowest BCUT2D eigenvalue weighted by atomic mass is 9.51. The fraction of sp³-hybridized carbons (Fsp3) is 0.611. The molecule has 0 aliphatic heterocycles. The van der Waals surface area contributed by atoms with Crippen LogP contribution in [0.3, 0.4) is 0 Å². The minimum Gasteiger partial charge on any atom is -0.378 e. The maximum atomic E-state index is 6.12. The van der Waals surface area contributed by atoms with E-state index in [1.165, 1.54) is 30.4 Å². The highest BCUT2D eigenvalue weighted by atomic mass is 16.5. The molecule has 2 fully saturated rings. The molecule has 1 spiro atoms. The van der Waals surface area contributed by atoms with Crippen LogP contribution in [0.15, 0.2) is 23.2 Å². The Morgan fingerprint density at radius 3 is 2.73 bits per heavy atom. The molecule has 120 valence electrons. The Bertz CT molecular complexity index is 578. The Hall–Kier alpha value is -1.55. The van der Waals surface area contributed by atoms with Gasteiger partial charge >= 0.3 is 0 Å². The number of nitrogens with one attached hydrogen (secondary N) is 1. The Balaban J connectivity index is 1.66. The normalized spacial score (nSPS) is 26.4. The molecular formula is C18H27N3O. The van der Waals surface area contributed by atoms with Crippen LogP contribution >= 0.6 is 0 Å². The topological polar surface area (TPSA) is 59.6 Å². The lowest BCUT2D eigenvalue weighted by Crippen LogP contribution is -2.61. The zero-order valence-corrected chi connectivity index (χ0v) is 13.9. The van der Waals surface area contributed by atoms with Crippen molar-refractivity contribution in [2.75, 3.05) is 11.9 Å². The lowest BCUT2D eigenvalue weighted by Gasteiger charge is -2.59. The Morgan fingerprint density at radius 1 is 1.36 bits per heavy atom. The molecule has 0 saturated heterocycles. The van der Waals surface area contributed by atoms with E-state index >= 15 is 0 Å². The standard InChI is InChI=1S/C18H27N3O/c1-4-22-16-11-15(18(16)8-5-9-18)21-17(19)20-14-7-6-12(2)13(3)10-14/h6-7,10,15-16H,4-5,8-9,11H2,1-3H3,(H3,19,20,21). The summed E-state index contributed by atoms with van der Waals surface area (Å²) in [6.45, 7) is 7.08. The predicted octanol–water partition coefficient (Wildman–Crippen LogP) is 3.38. The summed E-state index contributed by atoms with van der Waals surface area (Å²) in [7, 11) is 0. The first-order valence-corrected chi connectivity index (χ1v) is 8.34. The predicted molar refractivity (Wildman–Crippen MR) is 91.3 cm³/mol. The van der Waals surface area contributed by atoms with Gasteiger partial charge in [-0.3, -0.25) is 0 Å². The van der Waals surface area contributed by atoms with Crippen molar-refractivity contribution in [2.45, 2.75) is 58.6 Å². The van der Waals surface area contributed by atoms with Gasteiger partial charge in [-0.2, -0.15) is 0 Å². The molecule has 1 aromatic rings. The van der Waals surface area contributed by atoms with E-state index in [0.717, 1.165) is 18.7 Å². The molecule has 2 atom stereocenters. The quantitative estimate of drug-likeness (QED) is 0.662. The van der Waals surface area contributed by atoms with Gasteiger partial charge in [-0.15, -0.1) is 0 Å². The van der Waals surface area contributed by atoms with E-state index < -0.39 is 0 Å². The first-order chi connectivity index (χ1) is 10.5. The Morgan fingerprint density at radius 2 is 2.14 bits per heavy atom. The van der Waals surface area contributed by atoms with Gasteiger partial charge < -0.3 is 15.8 Å². The number of anilines is 1. The molecule has 3 N–H and O–H groups in total. The van der Waals surface area contributed by atoms with Crippen LogP contribution < -0.4 is 11.1 Å². The number of hydrogen-bond acceptors (Lipinski definition) is 2. The van der Waals surface area contributed by atoms with E-state index in [0.29, 0.717) is 18.1 Å². The largest absolute Gasteiger partial charge is 0.378 e. The van der Waals surface area contributed by atoms with Gasteiger partial charge in [0.25, 0.3) is 0 Å². The fourth-order valence-electron chi connectivity index (χ4n) is 3.75. The van der Waals surface area contributed by atoms with Crippen molar-refractivity contribution in [3.8, 4) is 0 Å². The molecule has 4 heteroatoms. The molecule has 0 bridgehead atoms. The molecule has 4 nitrogen and oxygen atoms in total. The zero-order chi connectivity index (χ0) is 15.7. The van der Waals surface area contributed by atoms with Crippen LogP contribution in [-0.4, -0.2) is 24.7 Å². The van der Waals surface area contributed by atoms with Gasteiger partial charge in [-0.05, 0) is 63.3 Å². The van der Waals surface area contributed by atoms with Crippen LogP contribution in [-0.2, 0) is 4.74 Å². The van der Waals surface area contributed by atoms with Gasteiger partial charge in [-0.25, -0.2) is 4.99 Å². The van der Waals surface area contributed by atoms with Crippen molar-refractivity contribution in [3.05, 3.63) is 29.3 Å². The summed E-state index contributed by atoms with van der Waals surface area (Å²) < 4.78 is 5.86. The highest BCUT2D eigenvalue weighted by Gasteiger charge is 2.59. The van der Waals surface area contributed by atoms with E-state index in [1.807, 2.05) is 6.07 Å². The number of aliphatic imine (C=N–C) groups is 1. The maximum absolute atomic E-state index is 6.12. The van der Waals surface area contributed by atoms with E-state index in [1.54, 1.807) is 0 Å². The van der Waals surface area contributed by atoms with Crippen LogP contribution in [0, 0.1) is 19.3 Å². The summed E-state index contributed by atoms with van der Waals surface area (Å²) >= 11 is 0. The third-order valence-electron chi connectivity index (χ3n) is 5.47. The lowest BCUT2D eigenvalue weighted by molar-refractivity contribution is -0.162. The minimum atomic E-state index is 0.269. The highest BCUT2D eigenvalue weighted by Crippen LogP contribution is 2.58. The molecule has 0 aromatic heterocycles. The number of aryl methyl sites for hydroxylation is 2. The van der Waals surface area contributed by atoms with E-state index in [-0.39, 0.29) is 5.41 Å². The summed E-state index contributed by atoms with van der Waals surface area (Å²) in [5, 5.41) is 3.23. The second kappa shape index (κ2) is 5.92. The maximum Gasteiger partial charge on any atom is 0.193 e. The van der Waals surface area contributed by atoms with Crippen molar-refractivity contribution >= 4 is 11.6 Å². The number of nitrogens with zero attached hydrogens (tertiary/aromatic N) is 1. The number of guanidine groups is 1. The molecule has 2 unspecified atom stereocenters. The van der Waals surface area contributed by atoms with Gasteiger partial charge in [0.05, 0.1) is 12.1 Å². The van der Waals surface area contributed by atoms with Crippen LogP contribution in [0.5, 0.6) is 0 Å². The van der Waals surface area contributed by atoms with Gasteiger partial charge in [-0.1, -0.05) is 12.5 Å². The summed E-state index contributed by atoms with van der Waals surface area (Å²) in [5.41, 5.74) is 9.94. The molecule has 2 aliphatic carbocycles. The highest BCUT2D eigenvalue weighted by molar-refractivity contribution is 5.92. The van der Waals surface area contributed by atoms with Crippen LogP contribution in [0.25, 0.3) is 0 Å². The van der Waals surface area contributed by atoms with Gasteiger partial charge in [0.15, 0.2) is 5.96 Å². The molecular weight excluding hydrogens is 274 g/mol. The molecule has 1 aromatic carbocycles. The van der Waals surface area contributed by atoms with Crippen LogP contribution in [0.4, 0.5) is 5.69 Å².